The Balaban J connectivity index is 1.87. The molecule has 3 heterocycles. The Morgan fingerprint density at radius 3 is 2.54 bits per heavy atom. The summed E-state index contributed by atoms with van der Waals surface area (Å²) in [6.45, 7) is 17.0. The van der Waals surface area contributed by atoms with Crippen molar-refractivity contribution in [3.63, 3.8) is 0 Å². The van der Waals surface area contributed by atoms with Crippen LogP contribution in [0.2, 0.25) is 18.1 Å². The summed E-state index contributed by atoms with van der Waals surface area (Å²) in [5.74, 6) is 0.955. The van der Waals surface area contributed by atoms with Gasteiger partial charge in [-0.25, -0.2) is 4.98 Å². The number of aromatic nitrogens is 3. The SMILES string of the molecule is CC(C)(O[Si](C)(C)C(C)(C)C)[C@H]1COCc2nc3cnc4ccccc4c3n21. The summed E-state index contributed by atoms with van der Waals surface area (Å²) < 4.78 is 15.2. The van der Waals surface area contributed by atoms with Crippen LogP contribution in [0.1, 0.15) is 46.5 Å². The summed E-state index contributed by atoms with van der Waals surface area (Å²) in [4.78, 5) is 9.43. The summed E-state index contributed by atoms with van der Waals surface area (Å²) in [6, 6.07) is 8.34. The Kier molecular flexibility index (Phi) is 4.45. The second-order valence-corrected chi connectivity index (χ2v) is 14.6. The van der Waals surface area contributed by atoms with Gasteiger partial charge in [-0.1, -0.05) is 39.0 Å². The summed E-state index contributed by atoms with van der Waals surface area (Å²) in [7, 11) is -1.95. The van der Waals surface area contributed by atoms with Gasteiger partial charge >= 0.3 is 0 Å². The first kappa shape index (κ1) is 19.5. The van der Waals surface area contributed by atoms with Crippen LogP contribution in [-0.2, 0) is 15.8 Å². The first-order chi connectivity index (χ1) is 13.0. The van der Waals surface area contributed by atoms with Gasteiger partial charge in [-0.3, -0.25) is 4.98 Å². The van der Waals surface area contributed by atoms with Crippen molar-refractivity contribution in [2.45, 2.75) is 71.0 Å². The lowest BCUT2D eigenvalue weighted by Gasteiger charge is -2.47. The Labute approximate surface area is 168 Å². The van der Waals surface area contributed by atoms with Gasteiger partial charge in [0.2, 0.25) is 0 Å². The molecule has 150 valence electrons. The topological polar surface area (TPSA) is 49.2 Å². The monoisotopic (exact) mass is 397 g/mol. The number of nitrogens with zero attached hydrogens (tertiary/aromatic N) is 3. The number of rotatable bonds is 3. The first-order valence-corrected chi connectivity index (χ1v) is 12.9. The lowest BCUT2D eigenvalue weighted by Crippen LogP contribution is -2.52. The third-order valence-electron chi connectivity index (χ3n) is 6.44. The highest BCUT2D eigenvalue weighted by atomic mass is 28.4. The Bertz CT molecular complexity index is 1030. The van der Waals surface area contributed by atoms with Crippen LogP contribution in [0.25, 0.3) is 21.9 Å². The van der Waals surface area contributed by atoms with Gasteiger partial charge in [0.1, 0.15) is 17.9 Å². The molecule has 0 amide bonds. The standard InChI is InChI=1S/C22H31N3O2Si/c1-21(2,3)28(6,7)27-22(4,5)18-13-26-14-19-24-17-12-23-16-11-9-8-10-15(16)20(17)25(18)19/h8-12,18H,13-14H2,1-7H3/t18-/m1/s1. The second-order valence-electron chi connectivity index (χ2n) is 9.90. The van der Waals surface area contributed by atoms with Crippen molar-refractivity contribution in [2.24, 2.45) is 0 Å². The molecular formula is C22H31N3O2Si. The maximum Gasteiger partial charge on any atom is 0.192 e. The van der Waals surface area contributed by atoms with Crippen LogP contribution in [0.15, 0.2) is 30.5 Å². The van der Waals surface area contributed by atoms with E-state index in [0.717, 1.165) is 27.8 Å². The predicted molar refractivity (Wildman–Crippen MR) is 116 cm³/mol. The molecule has 6 heteroatoms. The van der Waals surface area contributed by atoms with Crippen molar-refractivity contribution < 1.29 is 9.16 Å². The highest BCUT2D eigenvalue weighted by Crippen LogP contribution is 2.43. The van der Waals surface area contributed by atoms with Crippen molar-refractivity contribution >= 4 is 30.3 Å². The molecule has 0 radical (unpaired) electrons. The fraction of sp³-hybridized carbons (Fsp3) is 0.545. The molecule has 0 fully saturated rings. The molecule has 4 rings (SSSR count). The molecule has 0 N–H and O–H groups in total. The molecule has 3 aromatic rings. The van der Waals surface area contributed by atoms with Crippen LogP contribution in [0, 0.1) is 0 Å². The molecule has 0 unspecified atom stereocenters. The van der Waals surface area contributed by atoms with Gasteiger partial charge in [0.25, 0.3) is 0 Å². The highest BCUT2D eigenvalue weighted by molar-refractivity contribution is 6.74. The molecule has 1 aliphatic heterocycles. The number of fused-ring (bicyclic) bond motifs is 5. The largest absolute Gasteiger partial charge is 0.410 e. The van der Waals surface area contributed by atoms with Crippen molar-refractivity contribution in [1.29, 1.82) is 0 Å². The summed E-state index contributed by atoms with van der Waals surface area (Å²) in [5, 5.41) is 1.28. The quantitative estimate of drug-likeness (QED) is 0.551. The normalized spacial score (nSPS) is 18.6. The number of imidazole rings is 1. The molecule has 0 bridgehead atoms. The molecule has 1 aliphatic rings. The first-order valence-electron chi connectivity index (χ1n) is 10.0. The Morgan fingerprint density at radius 2 is 1.82 bits per heavy atom. The molecule has 5 nitrogen and oxygen atoms in total. The van der Waals surface area contributed by atoms with Gasteiger partial charge in [0.15, 0.2) is 8.32 Å². The number of ether oxygens (including phenoxy) is 1. The van der Waals surface area contributed by atoms with Crippen molar-refractivity contribution in [1.82, 2.24) is 14.5 Å². The molecule has 28 heavy (non-hydrogen) atoms. The van der Waals surface area contributed by atoms with Gasteiger partial charge in [-0.15, -0.1) is 0 Å². The van der Waals surface area contributed by atoms with E-state index in [0.29, 0.717) is 13.2 Å². The van der Waals surface area contributed by atoms with E-state index >= 15 is 0 Å². The van der Waals surface area contributed by atoms with Crippen LogP contribution < -0.4 is 0 Å². The number of benzene rings is 1. The fourth-order valence-corrected chi connectivity index (χ4v) is 5.69. The average Bonchev–Trinajstić information content (AvgIpc) is 2.98. The number of hydrogen-bond acceptors (Lipinski definition) is 4. The Morgan fingerprint density at radius 1 is 1.11 bits per heavy atom. The van der Waals surface area contributed by atoms with Gasteiger partial charge in [-0.2, -0.15) is 0 Å². The lowest BCUT2D eigenvalue weighted by molar-refractivity contribution is -0.0375. The molecule has 0 saturated heterocycles. The van der Waals surface area contributed by atoms with Gasteiger partial charge < -0.3 is 13.7 Å². The summed E-state index contributed by atoms with van der Waals surface area (Å²) in [6.07, 6.45) is 1.88. The van der Waals surface area contributed by atoms with E-state index in [-0.39, 0.29) is 16.7 Å². The van der Waals surface area contributed by atoms with E-state index in [9.17, 15) is 0 Å². The molecule has 1 aromatic carbocycles. The van der Waals surface area contributed by atoms with E-state index in [1.54, 1.807) is 0 Å². The summed E-state index contributed by atoms with van der Waals surface area (Å²) >= 11 is 0. The second kappa shape index (κ2) is 6.37. The smallest absolute Gasteiger partial charge is 0.192 e. The molecular weight excluding hydrogens is 366 g/mol. The molecule has 0 aliphatic carbocycles. The predicted octanol–water partition coefficient (Wildman–Crippen LogP) is 5.46. The zero-order valence-corrected chi connectivity index (χ0v) is 19.0. The third-order valence-corrected chi connectivity index (χ3v) is 11.1. The van der Waals surface area contributed by atoms with Gasteiger partial charge in [0.05, 0.1) is 35.5 Å². The minimum atomic E-state index is -1.95. The third kappa shape index (κ3) is 3.08. The zero-order valence-electron chi connectivity index (χ0n) is 18.0. The van der Waals surface area contributed by atoms with Crippen LogP contribution >= 0.6 is 0 Å². The van der Waals surface area contributed by atoms with Gasteiger partial charge in [-0.05, 0) is 38.0 Å². The molecule has 1 atom stereocenters. The van der Waals surface area contributed by atoms with Crippen LogP contribution in [0.3, 0.4) is 0 Å². The average molecular weight is 398 g/mol. The molecule has 0 saturated carbocycles. The lowest BCUT2D eigenvalue weighted by atomic mass is 9.98. The number of hydrogen-bond donors (Lipinski definition) is 0. The zero-order chi connectivity index (χ0) is 20.3. The van der Waals surface area contributed by atoms with E-state index in [4.69, 9.17) is 14.1 Å². The number of pyridine rings is 1. The minimum absolute atomic E-state index is 0.0566. The van der Waals surface area contributed by atoms with E-state index in [1.165, 1.54) is 0 Å². The van der Waals surface area contributed by atoms with Crippen molar-refractivity contribution in [2.75, 3.05) is 6.61 Å². The summed E-state index contributed by atoms with van der Waals surface area (Å²) in [5.41, 5.74) is 2.68. The molecule has 0 spiro atoms. The van der Waals surface area contributed by atoms with Crippen LogP contribution in [-0.4, -0.2) is 35.1 Å². The van der Waals surface area contributed by atoms with Crippen LogP contribution in [0.5, 0.6) is 0 Å². The van der Waals surface area contributed by atoms with E-state index in [2.05, 4.69) is 75.5 Å². The van der Waals surface area contributed by atoms with E-state index in [1.807, 2.05) is 12.3 Å². The van der Waals surface area contributed by atoms with E-state index < -0.39 is 8.32 Å². The van der Waals surface area contributed by atoms with Crippen molar-refractivity contribution in [3.05, 3.63) is 36.3 Å². The maximum absolute atomic E-state index is 6.91. The van der Waals surface area contributed by atoms with Crippen LogP contribution in [0.4, 0.5) is 0 Å². The Hall–Kier alpha value is -1.76. The maximum atomic E-state index is 6.91. The fourth-order valence-electron chi connectivity index (χ4n) is 3.94. The minimum Gasteiger partial charge on any atom is -0.410 e. The van der Waals surface area contributed by atoms with Gasteiger partial charge in [0, 0.05) is 5.39 Å². The highest BCUT2D eigenvalue weighted by Gasteiger charge is 2.46. The number of para-hydroxylation sites is 1. The molecule has 2 aromatic heterocycles. The van der Waals surface area contributed by atoms with Crippen molar-refractivity contribution in [3.8, 4) is 0 Å².